The van der Waals surface area contributed by atoms with E-state index in [1.807, 2.05) is 6.07 Å². The smallest absolute Gasteiger partial charge is 0.135 e. The second kappa shape index (κ2) is 6.45. The SMILES string of the molecule is NC(=S)c1ccc(NCCc2ccc(Br)s2)cc1F. The van der Waals surface area contributed by atoms with E-state index < -0.39 is 5.82 Å². The molecular formula is C13H12BrFN2S2. The van der Waals surface area contributed by atoms with Gasteiger partial charge in [-0.25, -0.2) is 4.39 Å². The van der Waals surface area contributed by atoms with Crippen LogP contribution in [0.3, 0.4) is 0 Å². The Balaban J connectivity index is 1.93. The summed E-state index contributed by atoms with van der Waals surface area (Å²) in [5.41, 5.74) is 6.42. The Hall–Kier alpha value is -0.980. The minimum atomic E-state index is -0.392. The van der Waals surface area contributed by atoms with Crippen molar-refractivity contribution in [1.29, 1.82) is 0 Å². The lowest BCUT2D eigenvalue weighted by molar-refractivity contribution is 0.626. The average molecular weight is 359 g/mol. The van der Waals surface area contributed by atoms with E-state index in [-0.39, 0.29) is 10.6 Å². The minimum Gasteiger partial charge on any atom is -0.389 e. The third-order valence-electron chi connectivity index (χ3n) is 2.56. The lowest BCUT2D eigenvalue weighted by Gasteiger charge is -2.07. The molecule has 0 unspecified atom stereocenters. The molecule has 1 aromatic carbocycles. The topological polar surface area (TPSA) is 38.0 Å². The molecule has 0 atom stereocenters. The predicted octanol–water partition coefficient (Wildman–Crippen LogP) is 3.94. The van der Waals surface area contributed by atoms with Gasteiger partial charge in [-0.05, 0) is 52.7 Å². The summed E-state index contributed by atoms with van der Waals surface area (Å²) in [5.74, 6) is -0.392. The number of anilines is 1. The standard InChI is InChI=1S/C13H12BrFN2S2/c14-12-4-2-9(19-12)5-6-17-8-1-3-10(13(16)18)11(15)7-8/h1-4,7,17H,5-6H2,(H2,16,18). The van der Waals surface area contributed by atoms with E-state index in [1.165, 1.54) is 10.9 Å². The molecule has 19 heavy (non-hydrogen) atoms. The molecule has 0 amide bonds. The van der Waals surface area contributed by atoms with Crippen LogP contribution in [0.2, 0.25) is 0 Å². The molecule has 0 saturated carbocycles. The number of rotatable bonds is 5. The third kappa shape index (κ3) is 3.99. The van der Waals surface area contributed by atoms with Crippen LogP contribution in [-0.2, 0) is 6.42 Å². The molecule has 0 spiro atoms. The first-order valence-corrected chi connectivity index (χ1v) is 7.65. The van der Waals surface area contributed by atoms with E-state index in [4.69, 9.17) is 18.0 Å². The van der Waals surface area contributed by atoms with E-state index in [0.717, 1.165) is 22.4 Å². The highest BCUT2D eigenvalue weighted by Gasteiger charge is 2.05. The number of thiophene rings is 1. The molecule has 0 fully saturated rings. The van der Waals surface area contributed by atoms with Crippen LogP contribution < -0.4 is 11.1 Å². The summed E-state index contributed by atoms with van der Waals surface area (Å²) in [5, 5.41) is 3.18. The van der Waals surface area contributed by atoms with Gasteiger partial charge in [-0.2, -0.15) is 0 Å². The Morgan fingerprint density at radius 3 is 2.74 bits per heavy atom. The summed E-state index contributed by atoms with van der Waals surface area (Å²) in [6, 6.07) is 8.89. The van der Waals surface area contributed by atoms with Gasteiger partial charge in [-0.1, -0.05) is 12.2 Å². The zero-order valence-corrected chi connectivity index (χ0v) is 13.2. The van der Waals surface area contributed by atoms with Gasteiger partial charge in [0.25, 0.3) is 0 Å². The molecule has 1 aromatic heterocycles. The fourth-order valence-electron chi connectivity index (χ4n) is 1.64. The first-order chi connectivity index (χ1) is 9.06. The van der Waals surface area contributed by atoms with E-state index in [9.17, 15) is 4.39 Å². The zero-order chi connectivity index (χ0) is 13.8. The van der Waals surface area contributed by atoms with E-state index >= 15 is 0 Å². The van der Waals surface area contributed by atoms with Crippen molar-refractivity contribution in [3.8, 4) is 0 Å². The Morgan fingerprint density at radius 1 is 1.37 bits per heavy atom. The lowest BCUT2D eigenvalue weighted by Crippen LogP contribution is -2.12. The molecule has 0 aliphatic heterocycles. The summed E-state index contributed by atoms with van der Waals surface area (Å²) in [6.45, 7) is 0.749. The Labute approximate surface area is 129 Å². The molecule has 0 aliphatic carbocycles. The number of hydrogen-bond donors (Lipinski definition) is 2. The first-order valence-electron chi connectivity index (χ1n) is 5.63. The van der Waals surface area contributed by atoms with Gasteiger partial charge in [0.05, 0.1) is 3.79 Å². The molecule has 2 aromatic rings. The van der Waals surface area contributed by atoms with Crippen molar-refractivity contribution in [2.24, 2.45) is 5.73 Å². The highest BCUT2D eigenvalue weighted by molar-refractivity contribution is 9.11. The summed E-state index contributed by atoms with van der Waals surface area (Å²) < 4.78 is 14.8. The van der Waals surface area contributed by atoms with Crippen LogP contribution in [0.4, 0.5) is 10.1 Å². The lowest BCUT2D eigenvalue weighted by atomic mass is 10.2. The summed E-state index contributed by atoms with van der Waals surface area (Å²) in [4.78, 5) is 1.35. The molecule has 0 radical (unpaired) electrons. The van der Waals surface area contributed by atoms with Gasteiger partial charge in [0, 0.05) is 22.7 Å². The maximum atomic E-state index is 13.6. The van der Waals surface area contributed by atoms with Crippen LogP contribution in [0.1, 0.15) is 10.4 Å². The van der Waals surface area contributed by atoms with Gasteiger partial charge in [-0.3, -0.25) is 0 Å². The van der Waals surface area contributed by atoms with Gasteiger partial charge in [0.2, 0.25) is 0 Å². The second-order valence-electron chi connectivity index (χ2n) is 3.94. The number of nitrogens with two attached hydrogens (primary N) is 1. The van der Waals surface area contributed by atoms with Crippen molar-refractivity contribution >= 4 is 50.2 Å². The molecule has 2 rings (SSSR count). The van der Waals surface area contributed by atoms with Crippen molar-refractivity contribution < 1.29 is 4.39 Å². The Kier molecular flexibility index (Phi) is 4.90. The average Bonchev–Trinajstić information content (AvgIpc) is 2.75. The van der Waals surface area contributed by atoms with Crippen LogP contribution in [-0.4, -0.2) is 11.5 Å². The van der Waals surface area contributed by atoms with Crippen LogP contribution in [0.5, 0.6) is 0 Å². The fourth-order valence-corrected chi connectivity index (χ4v) is 3.29. The maximum absolute atomic E-state index is 13.6. The number of nitrogens with one attached hydrogen (secondary N) is 1. The number of hydrogen-bond acceptors (Lipinski definition) is 3. The van der Waals surface area contributed by atoms with E-state index in [1.54, 1.807) is 23.5 Å². The normalized spacial score (nSPS) is 10.4. The van der Waals surface area contributed by atoms with Gasteiger partial charge < -0.3 is 11.1 Å². The molecule has 0 aliphatic rings. The van der Waals surface area contributed by atoms with Crippen molar-refractivity contribution in [2.75, 3.05) is 11.9 Å². The van der Waals surface area contributed by atoms with Crippen LogP contribution in [0.25, 0.3) is 0 Å². The number of thiocarbonyl (C=S) groups is 1. The quantitative estimate of drug-likeness (QED) is 0.795. The maximum Gasteiger partial charge on any atom is 0.135 e. The van der Waals surface area contributed by atoms with Gasteiger partial charge >= 0.3 is 0 Å². The Morgan fingerprint density at radius 2 is 2.16 bits per heavy atom. The van der Waals surface area contributed by atoms with E-state index in [0.29, 0.717) is 0 Å². The Bertz CT molecular complexity index is 598. The summed E-state index contributed by atoms with van der Waals surface area (Å²) >= 11 is 9.89. The largest absolute Gasteiger partial charge is 0.389 e. The highest BCUT2D eigenvalue weighted by atomic mass is 79.9. The van der Waals surface area contributed by atoms with Crippen molar-refractivity contribution in [1.82, 2.24) is 0 Å². The van der Waals surface area contributed by atoms with E-state index in [2.05, 4.69) is 27.3 Å². The molecule has 6 heteroatoms. The highest BCUT2D eigenvalue weighted by Crippen LogP contribution is 2.22. The molecular weight excluding hydrogens is 347 g/mol. The fraction of sp³-hybridized carbons (Fsp3) is 0.154. The van der Waals surface area contributed by atoms with Gasteiger partial charge in [0.1, 0.15) is 10.8 Å². The number of halogens is 2. The summed E-state index contributed by atoms with van der Waals surface area (Å²) in [6.07, 6.45) is 0.898. The zero-order valence-electron chi connectivity index (χ0n) is 9.95. The summed E-state index contributed by atoms with van der Waals surface area (Å²) in [7, 11) is 0. The monoisotopic (exact) mass is 358 g/mol. The predicted molar refractivity (Wildman–Crippen MR) is 86.5 cm³/mol. The van der Waals surface area contributed by atoms with Crippen molar-refractivity contribution in [3.63, 3.8) is 0 Å². The minimum absolute atomic E-state index is 0.0764. The van der Waals surface area contributed by atoms with Crippen molar-refractivity contribution in [3.05, 3.63) is 50.4 Å². The van der Waals surface area contributed by atoms with Crippen LogP contribution in [0.15, 0.2) is 34.1 Å². The molecule has 100 valence electrons. The molecule has 0 saturated heterocycles. The second-order valence-corrected chi connectivity index (χ2v) is 6.93. The van der Waals surface area contributed by atoms with Gasteiger partial charge in [0.15, 0.2) is 0 Å². The molecule has 2 nitrogen and oxygen atoms in total. The molecule has 1 heterocycles. The molecule has 3 N–H and O–H groups in total. The first kappa shape index (κ1) is 14.4. The molecule has 0 bridgehead atoms. The third-order valence-corrected chi connectivity index (χ3v) is 4.47. The van der Waals surface area contributed by atoms with Gasteiger partial charge in [-0.15, -0.1) is 11.3 Å². The van der Waals surface area contributed by atoms with Crippen molar-refractivity contribution in [2.45, 2.75) is 6.42 Å². The van der Waals surface area contributed by atoms with Crippen LogP contribution >= 0.6 is 39.5 Å². The van der Waals surface area contributed by atoms with Crippen LogP contribution in [0, 0.1) is 5.82 Å². The number of benzene rings is 1.